The van der Waals surface area contributed by atoms with Crippen LogP contribution in [0.25, 0.3) is 0 Å². The summed E-state index contributed by atoms with van der Waals surface area (Å²) >= 11 is 0. The molecule has 0 aliphatic carbocycles. The number of carbonyl (C=O) groups excluding carboxylic acids is 3. The Morgan fingerprint density at radius 3 is 1.58 bits per heavy atom. The molecule has 6 heteroatoms. The molecule has 0 radical (unpaired) electrons. The van der Waals surface area contributed by atoms with Crippen molar-refractivity contribution in [3.8, 4) is 0 Å². The molecule has 0 atom stereocenters. The predicted octanol–water partition coefficient (Wildman–Crippen LogP) is -1.11. The summed E-state index contributed by atoms with van der Waals surface area (Å²) in [6.45, 7) is 0. The third-order valence-electron chi connectivity index (χ3n) is 0.532. The second-order valence-corrected chi connectivity index (χ2v) is 1.43. The van der Waals surface area contributed by atoms with Gasteiger partial charge in [-0.1, -0.05) is 0 Å². The topological polar surface area (TPSA) is 112 Å². The highest BCUT2D eigenvalue weighted by Gasteiger charge is 1.91. The van der Waals surface area contributed by atoms with Gasteiger partial charge in [0.15, 0.2) is 30.7 Å². The fourth-order valence-corrected chi connectivity index (χ4v) is 0.0625. The Kier molecular flexibility index (Phi) is 10.0. The first kappa shape index (κ1) is 12.9. The van der Waals surface area contributed by atoms with Crippen molar-refractivity contribution >= 4 is 18.9 Å². The molecule has 0 amide bonds. The summed E-state index contributed by atoms with van der Waals surface area (Å²) in [7, 11) is 0. The van der Waals surface area contributed by atoms with E-state index < -0.39 is 11.9 Å². The number of carbonyl (C=O) groups is 3. The Bertz CT molecular complexity index is 165. The van der Waals surface area contributed by atoms with Crippen LogP contribution in [0.15, 0.2) is 12.0 Å². The molecule has 3 N–H and O–H groups in total. The zero-order chi connectivity index (χ0) is 9.98. The van der Waals surface area contributed by atoms with E-state index in [0.29, 0.717) is 6.26 Å². The first-order chi connectivity index (χ1) is 5.62. The molecule has 0 heterocycles. The van der Waals surface area contributed by atoms with Gasteiger partial charge in [0.2, 0.25) is 0 Å². The van der Waals surface area contributed by atoms with Gasteiger partial charge in [-0.2, -0.15) is 0 Å². The monoisotopic (exact) mass is 176 g/mol. The lowest BCUT2D eigenvalue weighted by Crippen LogP contribution is -2.07. The molecular weight excluding hydrogens is 168 g/mol. The molecule has 0 saturated heterocycles. The maximum absolute atomic E-state index is 9.26. The number of rotatable bonds is 3. The van der Waals surface area contributed by atoms with E-state index in [-0.39, 0.29) is 18.9 Å². The van der Waals surface area contributed by atoms with Gasteiger partial charge in [-0.15, -0.1) is 0 Å². The van der Waals surface area contributed by atoms with Crippen LogP contribution in [-0.2, 0) is 14.4 Å². The fraction of sp³-hybridized carbons (Fsp3) is 0.167. The second-order valence-electron chi connectivity index (χ2n) is 1.43. The van der Waals surface area contributed by atoms with Gasteiger partial charge in [0.1, 0.15) is 6.26 Å². The standard InChI is InChI=1S/2C3H4O3/c2*4-1-3(6)2-5/h1-2,4,6H;1-3,6H/b3-1-;. The van der Waals surface area contributed by atoms with Gasteiger partial charge in [-0.3, -0.25) is 14.4 Å². The maximum atomic E-state index is 9.26. The number of allylic oxidation sites excluding steroid dienone is 1. The number of aliphatic hydroxyl groups is 3. The van der Waals surface area contributed by atoms with Gasteiger partial charge in [0.05, 0.1) is 0 Å². The van der Waals surface area contributed by atoms with Crippen molar-refractivity contribution in [2.45, 2.75) is 6.10 Å². The van der Waals surface area contributed by atoms with Crippen LogP contribution in [0.1, 0.15) is 0 Å². The van der Waals surface area contributed by atoms with E-state index in [0.717, 1.165) is 0 Å². The van der Waals surface area contributed by atoms with Crippen molar-refractivity contribution in [3.05, 3.63) is 12.0 Å². The van der Waals surface area contributed by atoms with E-state index in [2.05, 4.69) is 0 Å². The lowest BCUT2D eigenvalue weighted by Gasteiger charge is -1.79. The van der Waals surface area contributed by atoms with Crippen LogP contribution >= 0.6 is 0 Å². The van der Waals surface area contributed by atoms with Crippen LogP contribution in [-0.4, -0.2) is 40.3 Å². The fourth-order valence-electron chi connectivity index (χ4n) is 0.0625. The predicted molar refractivity (Wildman–Crippen MR) is 37.5 cm³/mol. The highest BCUT2D eigenvalue weighted by atomic mass is 16.3. The normalized spacial score (nSPS) is 9.67. The van der Waals surface area contributed by atoms with E-state index in [1.165, 1.54) is 0 Å². The van der Waals surface area contributed by atoms with Crippen LogP contribution in [0.5, 0.6) is 0 Å². The first-order valence-electron chi connectivity index (χ1n) is 2.69. The smallest absolute Gasteiger partial charge is 0.190 e. The summed E-state index contributed by atoms with van der Waals surface area (Å²) < 4.78 is 0. The first-order valence-corrected chi connectivity index (χ1v) is 2.69. The summed E-state index contributed by atoms with van der Waals surface area (Å²) in [6.07, 6.45) is -0.641. The van der Waals surface area contributed by atoms with Crippen molar-refractivity contribution in [1.82, 2.24) is 0 Å². The van der Waals surface area contributed by atoms with Gasteiger partial charge in [-0.25, -0.2) is 0 Å². The SMILES string of the molecule is O=C/C(O)=C/O.O=CC(O)C=O. The molecule has 12 heavy (non-hydrogen) atoms. The molecule has 0 aliphatic rings. The Morgan fingerprint density at radius 1 is 1.17 bits per heavy atom. The van der Waals surface area contributed by atoms with E-state index in [1.807, 2.05) is 0 Å². The summed E-state index contributed by atoms with van der Waals surface area (Å²) in [6, 6.07) is 0. The third-order valence-corrected chi connectivity index (χ3v) is 0.532. The lowest BCUT2D eigenvalue weighted by molar-refractivity contribution is -0.124. The van der Waals surface area contributed by atoms with Crippen LogP contribution in [0.3, 0.4) is 0 Å². The van der Waals surface area contributed by atoms with E-state index in [1.54, 1.807) is 0 Å². The van der Waals surface area contributed by atoms with Crippen LogP contribution in [0, 0.1) is 0 Å². The molecule has 0 bridgehead atoms. The van der Waals surface area contributed by atoms with Gasteiger partial charge in [-0.05, 0) is 0 Å². The lowest BCUT2D eigenvalue weighted by atomic mass is 10.5. The van der Waals surface area contributed by atoms with Crippen molar-refractivity contribution in [2.24, 2.45) is 0 Å². The summed E-state index contributed by atoms with van der Waals surface area (Å²) in [4.78, 5) is 27.8. The molecule has 0 aromatic rings. The number of aldehydes is 3. The summed E-state index contributed by atoms with van der Waals surface area (Å²) in [5.41, 5.74) is 0. The Labute approximate surface area is 67.7 Å². The Morgan fingerprint density at radius 2 is 1.58 bits per heavy atom. The van der Waals surface area contributed by atoms with Gasteiger partial charge < -0.3 is 15.3 Å². The molecule has 6 nitrogen and oxygen atoms in total. The molecule has 0 saturated carbocycles. The average molecular weight is 176 g/mol. The minimum Gasteiger partial charge on any atom is -0.512 e. The zero-order valence-electron chi connectivity index (χ0n) is 5.95. The zero-order valence-corrected chi connectivity index (χ0v) is 5.95. The van der Waals surface area contributed by atoms with E-state index in [9.17, 15) is 14.4 Å². The molecule has 0 spiro atoms. The van der Waals surface area contributed by atoms with E-state index in [4.69, 9.17) is 15.3 Å². The molecular formula is C6H8O6. The summed E-state index contributed by atoms with van der Waals surface area (Å²) in [5, 5.41) is 23.5. The molecule has 68 valence electrons. The van der Waals surface area contributed by atoms with Crippen molar-refractivity contribution in [1.29, 1.82) is 0 Å². The largest absolute Gasteiger partial charge is 0.512 e. The highest BCUT2D eigenvalue weighted by Crippen LogP contribution is 1.71. The van der Waals surface area contributed by atoms with Crippen molar-refractivity contribution < 1.29 is 29.7 Å². The van der Waals surface area contributed by atoms with Crippen LogP contribution < -0.4 is 0 Å². The van der Waals surface area contributed by atoms with Crippen LogP contribution in [0.4, 0.5) is 0 Å². The molecule has 0 fully saturated rings. The molecule has 0 aromatic carbocycles. The maximum Gasteiger partial charge on any atom is 0.190 e. The van der Waals surface area contributed by atoms with Crippen molar-refractivity contribution in [3.63, 3.8) is 0 Å². The highest BCUT2D eigenvalue weighted by molar-refractivity contribution is 5.79. The van der Waals surface area contributed by atoms with Crippen LogP contribution in [0.2, 0.25) is 0 Å². The molecule has 0 rings (SSSR count). The summed E-state index contributed by atoms with van der Waals surface area (Å²) in [5.74, 6) is -0.657. The second kappa shape index (κ2) is 9.31. The average Bonchev–Trinajstić information content (AvgIpc) is 2.16. The number of aliphatic hydroxyl groups excluding tert-OH is 3. The Balaban J connectivity index is 0. The third kappa shape index (κ3) is 11.2. The van der Waals surface area contributed by atoms with Gasteiger partial charge in [0.25, 0.3) is 0 Å². The molecule has 0 unspecified atom stereocenters. The molecule has 0 aromatic heterocycles. The Hall–Kier alpha value is -1.69. The minimum absolute atomic E-state index is 0.139. The molecule has 0 aliphatic heterocycles. The van der Waals surface area contributed by atoms with Gasteiger partial charge in [0, 0.05) is 0 Å². The van der Waals surface area contributed by atoms with Crippen molar-refractivity contribution in [2.75, 3.05) is 0 Å². The number of hydrogen-bond acceptors (Lipinski definition) is 6. The minimum atomic E-state index is -1.43. The quantitative estimate of drug-likeness (QED) is 0.217. The number of hydrogen-bond donors (Lipinski definition) is 3. The van der Waals surface area contributed by atoms with Gasteiger partial charge >= 0.3 is 0 Å². The van der Waals surface area contributed by atoms with E-state index >= 15 is 0 Å².